The van der Waals surface area contributed by atoms with E-state index in [-0.39, 0.29) is 0 Å². The molecule has 0 bridgehead atoms. The number of para-hydroxylation sites is 1. The largest absolute Gasteiger partial charge is 0.634 e. The first-order valence-corrected chi connectivity index (χ1v) is 9.06. The molecule has 1 heterocycles. The summed E-state index contributed by atoms with van der Waals surface area (Å²) in [4.78, 5) is 3.86. The molecule has 1 fully saturated rings. The first-order chi connectivity index (χ1) is 11.1. The number of hydrogen-bond donors (Lipinski definition) is 1. The number of hydrogen-bond acceptors (Lipinski definition) is 3. The van der Waals surface area contributed by atoms with E-state index in [1.807, 2.05) is 50.2 Å². The van der Waals surface area contributed by atoms with E-state index in [0.717, 1.165) is 21.0 Å². The van der Waals surface area contributed by atoms with Gasteiger partial charge in [0.25, 0.3) is 0 Å². The van der Waals surface area contributed by atoms with Gasteiger partial charge in [-0.3, -0.25) is 0 Å². The second-order valence-corrected chi connectivity index (χ2v) is 7.45. The van der Waals surface area contributed by atoms with Crippen LogP contribution in [-0.2, 0) is 10.8 Å². The van der Waals surface area contributed by atoms with E-state index >= 15 is 0 Å². The van der Waals surface area contributed by atoms with Gasteiger partial charge in [-0.05, 0) is 37.6 Å². The molecule has 1 N–H and O–H groups in total. The van der Waals surface area contributed by atoms with Crippen LogP contribution in [0.1, 0.15) is 11.1 Å². The Morgan fingerprint density at radius 3 is 2.43 bits per heavy atom. The van der Waals surface area contributed by atoms with Gasteiger partial charge in [-0.25, -0.2) is 4.21 Å². The number of nitrogens with one attached hydrogen (secondary N) is 1. The quantitative estimate of drug-likeness (QED) is 0.871. The SMILES string of the molecule is Cc1ccc(S(=O)c2ccccc2N2CC[NH+]([O-])CC2)c(C)c1. The zero-order valence-electron chi connectivity index (χ0n) is 13.5. The summed E-state index contributed by atoms with van der Waals surface area (Å²) < 4.78 is 13.1. The minimum absolute atomic E-state index is 0.314. The fraction of sp³-hybridized carbons (Fsp3) is 0.333. The Morgan fingerprint density at radius 2 is 1.74 bits per heavy atom. The lowest BCUT2D eigenvalue weighted by atomic mass is 10.2. The van der Waals surface area contributed by atoms with Crippen molar-refractivity contribution in [3.8, 4) is 0 Å². The van der Waals surface area contributed by atoms with E-state index in [2.05, 4.69) is 11.0 Å². The van der Waals surface area contributed by atoms with Gasteiger partial charge in [0.15, 0.2) is 0 Å². The first kappa shape index (κ1) is 16.2. The molecule has 23 heavy (non-hydrogen) atoms. The molecule has 0 aromatic heterocycles. The Bertz CT molecular complexity index is 725. The van der Waals surface area contributed by atoms with Crippen molar-refractivity contribution in [3.63, 3.8) is 0 Å². The van der Waals surface area contributed by atoms with Gasteiger partial charge >= 0.3 is 0 Å². The van der Waals surface area contributed by atoms with Crippen LogP contribution in [0, 0.1) is 19.1 Å². The molecule has 1 saturated heterocycles. The molecule has 1 aliphatic heterocycles. The highest BCUT2D eigenvalue weighted by molar-refractivity contribution is 7.85. The lowest BCUT2D eigenvalue weighted by Crippen LogP contribution is -3.10. The Kier molecular flexibility index (Phi) is 4.80. The average molecular weight is 330 g/mol. The molecular weight excluding hydrogens is 308 g/mol. The van der Waals surface area contributed by atoms with Gasteiger partial charge in [-0.2, -0.15) is 0 Å². The highest BCUT2D eigenvalue weighted by Gasteiger charge is 2.21. The van der Waals surface area contributed by atoms with E-state index in [9.17, 15) is 9.42 Å². The number of quaternary nitrogens is 1. The Hall–Kier alpha value is -1.69. The van der Waals surface area contributed by atoms with Crippen LogP contribution in [0.15, 0.2) is 52.3 Å². The van der Waals surface area contributed by atoms with Crippen LogP contribution in [-0.4, -0.2) is 30.4 Å². The van der Waals surface area contributed by atoms with E-state index in [1.165, 1.54) is 5.56 Å². The molecular formula is C18H22N2O2S. The van der Waals surface area contributed by atoms with Crippen molar-refractivity contribution in [2.45, 2.75) is 23.6 Å². The van der Waals surface area contributed by atoms with Gasteiger partial charge in [0.05, 0.1) is 47.6 Å². The number of anilines is 1. The van der Waals surface area contributed by atoms with Crippen molar-refractivity contribution >= 4 is 16.5 Å². The van der Waals surface area contributed by atoms with E-state index in [1.54, 1.807) is 0 Å². The van der Waals surface area contributed by atoms with Gasteiger partial charge in [0, 0.05) is 4.90 Å². The summed E-state index contributed by atoms with van der Waals surface area (Å²) in [6, 6.07) is 13.9. The third kappa shape index (κ3) is 3.47. The van der Waals surface area contributed by atoms with Crippen LogP contribution in [0.5, 0.6) is 0 Å². The molecule has 2 aromatic carbocycles. The first-order valence-electron chi connectivity index (χ1n) is 7.91. The molecule has 1 unspecified atom stereocenters. The highest BCUT2D eigenvalue weighted by atomic mass is 32.2. The fourth-order valence-corrected chi connectivity index (χ4v) is 4.37. The third-order valence-corrected chi connectivity index (χ3v) is 5.86. The molecule has 4 nitrogen and oxygen atoms in total. The van der Waals surface area contributed by atoms with Gasteiger partial charge < -0.3 is 15.2 Å². The maximum absolute atomic E-state index is 13.1. The van der Waals surface area contributed by atoms with E-state index in [0.29, 0.717) is 31.2 Å². The summed E-state index contributed by atoms with van der Waals surface area (Å²) in [6.45, 7) is 6.61. The highest BCUT2D eigenvalue weighted by Crippen LogP contribution is 2.29. The van der Waals surface area contributed by atoms with Crippen molar-refractivity contribution in [1.29, 1.82) is 0 Å². The molecule has 0 saturated carbocycles. The normalized spacial score (nSPS) is 17.3. The Labute approximate surface area is 139 Å². The monoisotopic (exact) mass is 330 g/mol. The molecule has 0 aliphatic carbocycles. The predicted molar refractivity (Wildman–Crippen MR) is 93.3 cm³/mol. The predicted octanol–water partition coefficient (Wildman–Crippen LogP) is 1.67. The van der Waals surface area contributed by atoms with Crippen LogP contribution < -0.4 is 9.96 Å². The molecule has 0 radical (unpaired) electrons. The summed E-state index contributed by atoms with van der Waals surface area (Å²) in [6.07, 6.45) is 0. The number of aryl methyl sites for hydroxylation is 2. The summed E-state index contributed by atoms with van der Waals surface area (Å²) in [5, 5.41) is 11.8. The molecule has 0 spiro atoms. The molecule has 3 rings (SSSR count). The zero-order chi connectivity index (χ0) is 16.4. The minimum atomic E-state index is -1.22. The Balaban J connectivity index is 1.95. The lowest BCUT2D eigenvalue weighted by molar-refractivity contribution is -0.848. The summed E-state index contributed by atoms with van der Waals surface area (Å²) in [5.41, 5.74) is 3.20. The summed E-state index contributed by atoms with van der Waals surface area (Å²) in [5.74, 6) is 0. The second-order valence-electron chi connectivity index (χ2n) is 6.03. The number of nitrogens with zero attached hydrogens (tertiary/aromatic N) is 1. The summed E-state index contributed by atoms with van der Waals surface area (Å²) in [7, 11) is -1.22. The smallest absolute Gasteiger partial charge is 0.0946 e. The average Bonchev–Trinajstić information content (AvgIpc) is 2.55. The van der Waals surface area contributed by atoms with Crippen molar-refractivity contribution < 1.29 is 9.27 Å². The van der Waals surface area contributed by atoms with E-state index in [4.69, 9.17) is 0 Å². The van der Waals surface area contributed by atoms with Crippen molar-refractivity contribution in [2.75, 3.05) is 31.1 Å². The zero-order valence-corrected chi connectivity index (χ0v) is 14.4. The topological polar surface area (TPSA) is 47.8 Å². The minimum Gasteiger partial charge on any atom is -0.634 e. The maximum Gasteiger partial charge on any atom is 0.0946 e. The van der Waals surface area contributed by atoms with Crippen molar-refractivity contribution in [3.05, 3.63) is 58.8 Å². The maximum atomic E-state index is 13.1. The van der Waals surface area contributed by atoms with Gasteiger partial charge in [0.1, 0.15) is 0 Å². The van der Waals surface area contributed by atoms with Crippen molar-refractivity contribution in [2.24, 2.45) is 0 Å². The fourth-order valence-electron chi connectivity index (χ4n) is 3.00. The number of benzene rings is 2. The molecule has 122 valence electrons. The number of piperazine rings is 1. The van der Waals surface area contributed by atoms with Gasteiger partial charge in [-0.15, -0.1) is 0 Å². The van der Waals surface area contributed by atoms with Crippen LogP contribution >= 0.6 is 0 Å². The van der Waals surface area contributed by atoms with Crippen LogP contribution in [0.25, 0.3) is 0 Å². The van der Waals surface area contributed by atoms with E-state index < -0.39 is 10.8 Å². The van der Waals surface area contributed by atoms with Crippen molar-refractivity contribution in [1.82, 2.24) is 0 Å². The van der Waals surface area contributed by atoms with Crippen LogP contribution in [0.4, 0.5) is 5.69 Å². The van der Waals surface area contributed by atoms with Gasteiger partial charge in [0.2, 0.25) is 0 Å². The third-order valence-electron chi connectivity index (χ3n) is 4.26. The molecule has 0 amide bonds. The standard InChI is InChI=1S/C18H22N2O2S/c1-14-7-8-17(15(2)13-14)23(22)18-6-4-3-5-16(18)19-9-11-20(21)12-10-19/h3-8,13,20H,9-12H2,1-2H3. The molecule has 2 aromatic rings. The van der Waals surface area contributed by atoms with Crippen LogP contribution in [0.2, 0.25) is 0 Å². The summed E-state index contributed by atoms with van der Waals surface area (Å²) >= 11 is 0. The number of rotatable bonds is 3. The molecule has 5 heteroatoms. The van der Waals surface area contributed by atoms with Gasteiger partial charge in [-0.1, -0.05) is 29.8 Å². The second kappa shape index (κ2) is 6.83. The molecule has 1 atom stereocenters. The molecule has 1 aliphatic rings. The lowest BCUT2D eigenvalue weighted by Gasteiger charge is -2.36. The Morgan fingerprint density at radius 1 is 1.04 bits per heavy atom. The number of hydroxylamine groups is 2. The van der Waals surface area contributed by atoms with Crippen LogP contribution in [0.3, 0.4) is 0 Å².